The highest BCUT2D eigenvalue weighted by molar-refractivity contribution is 7.16. The molecule has 0 aliphatic rings. The molecule has 6 nitrogen and oxygen atoms in total. The lowest BCUT2D eigenvalue weighted by molar-refractivity contribution is -0.384. The maximum atomic E-state index is 10.7. The van der Waals surface area contributed by atoms with Gasteiger partial charge in [0.25, 0.3) is 5.69 Å². The third-order valence-electron chi connectivity index (χ3n) is 2.11. The first-order valence-electron chi connectivity index (χ1n) is 4.94. The number of thiophene rings is 1. The van der Waals surface area contributed by atoms with Crippen LogP contribution in [0.25, 0.3) is 0 Å². The van der Waals surface area contributed by atoms with Crippen molar-refractivity contribution in [2.45, 2.75) is 6.54 Å². The fourth-order valence-electron chi connectivity index (χ4n) is 1.36. The minimum atomic E-state index is -0.509. The predicted octanol–water partition coefficient (Wildman–Crippen LogP) is 2.90. The van der Waals surface area contributed by atoms with Crippen LogP contribution in [0.1, 0.15) is 4.88 Å². The van der Waals surface area contributed by atoms with Gasteiger partial charge in [-0.05, 0) is 12.1 Å². The highest BCUT2D eigenvalue weighted by Gasteiger charge is 2.09. The number of hydrogen-bond donors (Lipinski definition) is 2. The SMILES string of the molecule is Nc1cc([N+](=O)[O-])cc(NCc2ccc(Cl)s2)n1. The van der Waals surface area contributed by atoms with E-state index in [1.165, 1.54) is 23.5 Å². The summed E-state index contributed by atoms with van der Waals surface area (Å²) in [4.78, 5) is 15.1. The summed E-state index contributed by atoms with van der Waals surface area (Å²) in [6.45, 7) is 0.491. The van der Waals surface area contributed by atoms with Gasteiger partial charge in [-0.3, -0.25) is 10.1 Å². The molecular weight excluding hydrogens is 276 g/mol. The van der Waals surface area contributed by atoms with E-state index in [-0.39, 0.29) is 11.5 Å². The lowest BCUT2D eigenvalue weighted by Gasteiger charge is -2.04. The Bertz CT molecular complexity index is 587. The van der Waals surface area contributed by atoms with Crippen molar-refractivity contribution in [2.24, 2.45) is 0 Å². The number of nitrogens with zero attached hydrogens (tertiary/aromatic N) is 2. The standard InChI is InChI=1S/C10H9ClN4O2S/c11-8-2-1-7(18-8)5-13-10-4-6(15(16)17)3-9(12)14-10/h1-4H,5H2,(H3,12,13,14). The van der Waals surface area contributed by atoms with Crippen molar-refractivity contribution in [1.29, 1.82) is 0 Å². The van der Waals surface area contributed by atoms with Gasteiger partial charge in [-0.1, -0.05) is 11.6 Å². The van der Waals surface area contributed by atoms with E-state index in [0.29, 0.717) is 16.7 Å². The molecule has 0 fully saturated rings. The van der Waals surface area contributed by atoms with E-state index in [0.717, 1.165) is 4.88 Å². The number of aromatic nitrogens is 1. The quantitative estimate of drug-likeness (QED) is 0.665. The van der Waals surface area contributed by atoms with Crippen LogP contribution in [0.15, 0.2) is 24.3 Å². The molecule has 2 heterocycles. The summed E-state index contributed by atoms with van der Waals surface area (Å²) in [5, 5.41) is 13.6. The Morgan fingerprint density at radius 1 is 1.50 bits per heavy atom. The van der Waals surface area contributed by atoms with Gasteiger partial charge in [0.05, 0.1) is 27.9 Å². The van der Waals surface area contributed by atoms with Crippen molar-refractivity contribution < 1.29 is 4.92 Å². The molecule has 0 saturated heterocycles. The molecule has 3 N–H and O–H groups in total. The van der Waals surface area contributed by atoms with Crippen molar-refractivity contribution in [1.82, 2.24) is 4.98 Å². The summed E-state index contributed by atoms with van der Waals surface area (Å²) < 4.78 is 0.693. The van der Waals surface area contributed by atoms with Crippen LogP contribution in [0.5, 0.6) is 0 Å². The number of nitrogen functional groups attached to an aromatic ring is 1. The van der Waals surface area contributed by atoms with Gasteiger partial charge in [0.1, 0.15) is 11.6 Å². The smallest absolute Gasteiger partial charge is 0.276 e. The summed E-state index contributed by atoms with van der Waals surface area (Å²) >= 11 is 7.23. The minimum absolute atomic E-state index is 0.0887. The summed E-state index contributed by atoms with van der Waals surface area (Å²) in [6.07, 6.45) is 0. The van der Waals surface area contributed by atoms with Crippen LogP contribution < -0.4 is 11.1 Å². The fraction of sp³-hybridized carbons (Fsp3) is 0.100. The van der Waals surface area contributed by atoms with E-state index in [1.54, 1.807) is 6.07 Å². The number of halogens is 1. The monoisotopic (exact) mass is 284 g/mol. The van der Waals surface area contributed by atoms with Crippen molar-refractivity contribution in [3.63, 3.8) is 0 Å². The number of nitrogens with two attached hydrogens (primary N) is 1. The van der Waals surface area contributed by atoms with Crippen LogP contribution >= 0.6 is 22.9 Å². The number of hydrogen-bond acceptors (Lipinski definition) is 6. The minimum Gasteiger partial charge on any atom is -0.383 e. The van der Waals surface area contributed by atoms with E-state index in [9.17, 15) is 10.1 Å². The van der Waals surface area contributed by atoms with Crippen molar-refractivity contribution in [3.8, 4) is 0 Å². The number of rotatable bonds is 4. The number of anilines is 2. The van der Waals surface area contributed by atoms with Crippen LogP contribution in [0.2, 0.25) is 4.34 Å². The zero-order chi connectivity index (χ0) is 13.1. The summed E-state index contributed by atoms with van der Waals surface area (Å²) in [5.41, 5.74) is 5.41. The maximum Gasteiger partial charge on any atom is 0.276 e. The zero-order valence-corrected chi connectivity index (χ0v) is 10.7. The molecule has 94 valence electrons. The molecule has 8 heteroatoms. The highest BCUT2D eigenvalue weighted by atomic mass is 35.5. The Hall–Kier alpha value is -1.86. The highest BCUT2D eigenvalue weighted by Crippen LogP contribution is 2.23. The van der Waals surface area contributed by atoms with Gasteiger partial charge in [0, 0.05) is 4.88 Å². The second-order valence-electron chi connectivity index (χ2n) is 3.45. The summed E-state index contributed by atoms with van der Waals surface area (Å²) in [7, 11) is 0. The number of nitro groups is 1. The topological polar surface area (TPSA) is 94.1 Å². The molecule has 2 rings (SSSR count). The molecule has 0 radical (unpaired) electrons. The largest absolute Gasteiger partial charge is 0.383 e. The second-order valence-corrected chi connectivity index (χ2v) is 5.25. The van der Waals surface area contributed by atoms with Crippen LogP contribution in [0.4, 0.5) is 17.3 Å². The van der Waals surface area contributed by atoms with Gasteiger partial charge in [-0.15, -0.1) is 11.3 Å². The van der Waals surface area contributed by atoms with Crippen molar-refractivity contribution in [3.05, 3.63) is 43.6 Å². The normalized spacial score (nSPS) is 10.3. The molecule has 0 saturated carbocycles. The third-order valence-corrected chi connectivity index (χ3v) is 3.34. The Kier molecular flexibility index (Phi) is 3.63. The average Bonchev–Trinajstić information content (AvgIpc) is 2.72. The van der Waals surface area contributed by atoms with E-state index in [1.807, 2.05) is 6.07 Å². The number of pyridine rings is 1. The molecule has 2 aromatic heterocycles. The lowest BCUT2D eigenvalue weighted by Crippen LogP contribution is -2.03. The van der Waals surface area contributed by atoms with Gasteiger partial charge < -0.3 is 11.1 Å². The Labute approximate surface area is 112 Å². The van der Waals surface area contributed by atoms with Gasteiger partial charge in [-0.2, -0.15) is 0 Å². The van der Waals surface area contributed by atoms with Gasteiger partial charge in [0.2, 0.25) is 0 Å². The molecule has 0 unspecified atom stereocenters. The van der Waals surface area contributed by atoms with E-state index < -0.39 is 4.92 Å². The molecular formula is C10H9ClN4O2S. The van der Waals surface area contributed by atoms with Gasteiger partial charge >= 0.3 is 0 Å². The van der Waals surface area contributed by atoms with Crippen LogP contribution in [-0.2, 0) is 6.54 Å². The first-order valence-corrected chi connectivity index (χ1v) is 6.14. The fourth-order valence-corrected chi connectivity index (χ4v) is 2.38. The molecule has 0 amide bonds. The predicted molar refractivity (Wildman–Crippen MR) is 72.0 cm³/mol. The van der Waals surface area contributed by atoms with Crippen molar-refractivity contribution in [2.75, 3.05) is 11.1 Å². The molecule has 0 aliphatic carbocycles. The average molecular weight is 285 g/mol. The Balaban J connectivity index is 2.11. The van der Waals surface area contributed by atoms with E-state index in [4.69, 9.17) is 17.3 Å². The lowest BCUT2D eigenvalue weighted by atomic mass is 10.3. The van der Waals surface area contributed by atoms with Gasteiger partial charge in [0.15, 0.2) is 0 Å². The molecule has 2 aromatic rings. The Morgan fingerprint density at radius 2 is 2.28 bits per heavy atom. The first-order chi connectivity index (χ1) is 8.54. The van der Waals surface area contributed by atoms with Crippen LogP contribution in [0.3, 0.4) is 0 Å². The molecule has 0 bridgehead atoms. The maximum absolute atomic E-state index is 10.7. The number of nitrogens with one attached hydrogen (secondary N) is 1. The van der Waals surface area contributed by atoms with Crippen LogP contribution in [-0.4, -0.2) is 9.91 Å². The Morgan fingerprint density at radius 3 is 2.89 bits per heavy atom. The molecule has 0 aromatic carbocycles. The molecule has 0 atom stereocenters. The molecule has 18 heavy (non-hydrogen) atoms. The third kappa shape index (κ3) is 3.08. The van der Waals surface area contributed by atoms with Gasteiger partial charge in [-0.25, -0.2) is 4.98 Å². The molecule has 0 spiro atoms. The second kappa shape index (κ2) is 5.19. The van der Waals surface area contributed by atoms with Crippen molar-refractivity contribution >= 4 is 40.3 Å². The van der Waals surface area contributed by atoms with E-state index >= 15 is 0 Å². The van der Waals surface area contributed by atoms with E-state index in [2.05, 4.69) is 10.3 Å². The first kappa shape index (κ1) is 12.6. The molecule has 0 aliphatic heterocycles. The van der Waals surface area contributed by atoms with Crippen LogP contribution in [0, 0.1) is 10.1 Å². The zero-order valence-electron chi connectivity index (χ0n) is 9.09. The summed E-state index contributed by atoms with van der Waals surface area (Å²) in [6, 6.07) is 6.22. The summed E-state index contributed by atoms with van der Waals surface area (Å²) in [5.74, 6) is 0.474.